The molecule has 2 aromatic carbocycles. The van der Waals surface area contributed by atoms with Gasteiger partial charge in [-0.1, -0.05) is 18.2 Å². The molecule has 0 amide bonds. The van der Waals surface area contributed by atoms with E-state index in [0.717, 1.165) is 22.1 Å². The first-order chi connectivity index (χ1) is 9.10. The Hall–Kier alpha value is -2.07. The summed E-state index contributed by atoms with van der Waals surface area (Å²) in [7, 11) is 1.62. The lowest BCUT2D eigenvalue weighted by Gasteiger charge is -2.11. The van der Waals surface area contributed by atoms with Crippen LogP contribution in [0, 0.1) is 0 Å². The molecule has 0 aromatic heterocycles. The number of aliphatic carboxylic acids is 1. The zero-order valence-corrected chi connectivity index (χ0v) is 10.7. The lowest BCUT2D eigenvalue weighted by molar-refractivity contribution is -0.137. The van der Waals surface area contributed by atoms with Crippen molar-refractivity contribution in [1.82, 2.24) is 0 Å². The molecular formula is C15H16O4. The molecule has 0 saturated heterocycles. The lowest BCUT2D eigenvalue weighted by atomic mass is 10.0. The number of fused-ring (bicyclic) bond motifs is 1. The normalized spacial score (nSPS) is 12.3. The highest BCUT2D eigenvalue weighted by molar-refractivity contribution is 5.84. The number of rotatable bonds is 5. The van der Waals surface area contributed by atoms with E-state index in [1.165, 1.54) is 0 Å². The van der Waals surface area contributed by atoms with E-state index >= 15 is 0 Å². The molecular weight excluding hydrogens is 244 g/mol. The van der Waals surface area contributed by atoms with E-state index < -0.39 is 12.1 Å². The van der Waals surface area contributed by atoms with Crippen molar-refractivity contribution < 1.29 is 19.7 Å². The van der Waals surface area contributed by atoms with Gasteiger partial charge in [0.25, 0.3) is 0 Å². The molecule has 0 radical (unpaired) electrons. The average molecular weight is 260 g/mol. The van der Waals surface area contributed by atoms with Crippen molar-refractivity contribution in [2.45, 2.75) is 18.9 Å². The molecule has 0 heterocycles. The van der Waals surface area contributed by atoms with Crippen LogP contribution in [0.1, 0.15) is 24.5 Å². The van der Waals surface area contributed by atoms with Gasteiger partial charge >= 0.3 is 5.97 Å². The molecule has 0 bridgehead atoms. The summed E-state index contributed by atoms with van der Waals surface area (Å²) in [6.45, 7) is 0. The van der Waals surface area contributed by atoms with Gasteiger partial charge in [0.05, 0.1) is 13.2 Å². The molecule has 19 heavy (non-hydrogen) atoms. The Morgan fingerprint density at radius 2 is 1.89 bits per heavy atom. The van der Waals surface area contributed by atoms with Gasteiger partial charge in [-0.15, -0.1) is 0 Å². The standard InChI is InChI=1S/C15H16O4/c1-19-13-5-4-10-8-12(3-2-11(10)9-13)14(16)6-7-15(17)18/h2-5,8-9,14,16H,6-7H2,1H3,(H,17,18). The van der Waals surface area contributed by atoms with Gasteiger partial charge in [-0.25, -0.2) is 0 Å². The minimum atomic E-state index is -0.899. The first-order valence-corrected chi connectivity index (χ1v) is 6.07. The molecule has 4 nitrogen and oxygen atoms in total. The number of hydrogen-bond acceptors (Lipinski definition) is 3. The van der Waals surface area contributed by atoms with Gasteiger partial charge in [-0.2, -0.15) is 0 Å². The molecule has 4 heteroatoms. The summed E-state index contributed by atoms with van der Waals surface area (Å²) < 4.78 is 5.15. The van der Waals surface area contributed by atoms with Crippen LogP contribution in [-0.2, 0) is 4.79 Å². The summed E-state index contributed by atoms with van der Waals surface area (Å²) in [6.07, 6.45) is -0.568. The number of aliphatic hydroxyl groups excluding tert-OH is 1. The topological polar surface area (TPSA) is 66.8 Å². The fraction of sp³-hybridized carbons (Fsp3) is 0.267. The third kappa shape index (κ3) is 3.23. The van der Waals surface area contributed by atoms with E-state index in [1.54, 1.807) is 7.11 Å². The number of carbonyl (C=O) groups is 1. The maximum absolute atomic E-state index is 10.5. The van der Waals surface area contributed by atoms with E-state index in [4.69, 9.17) is 9.84 Å². The molecule has 0 saturated carbocycles. The van der Waals surface area contributed by atoms with E-state index in [0.29, 0.717) is 0 Å². The van der Waals surface area contributed by atoms with E-state index in [9.17, 15) is 9.90 Å². The van der Waals surface area contributed by atoms with Crippen LogP contribution in [0.2, 0.25) is 0 Å². The van der Waals surface area contributed by atoms with E-state index in [2.05, 4.69) is 0 Å². The summed E-state index contributed by atoms with van der Waals surface area (Å²) >= 11 is 0. The van der Waals surface area contributed by atoms with Crippen LogP contribution in [0.5, 0.6) is 5.75 Å². The first kappa shape index (κ1) is 13.4. The van der Waals surface area contributed by atoms with Crippen LogP contribution in [0.15, 0.2) is 36.4 Å². The van der Waals surface area contributed by atoms with Gasteiger partial charge < -0.3 is 14.9 Å². The average Bonchev–Trinajstić information content (AvgIpc) is 2.43. The molecule has 2 rings (SSSR count). The number of benzene rings is 2. The van der Waals surface area contributed by atoms with Crippen LogP contribution in [0.25, 0.3) is 10.8 Å². The first-order valence-electron chi connectivity index (χ1n) is 6.07. The zero-order valence-electron chi connectivity index (χ0n) is 10.7. The van der Waals surface area contributed by atoms with Crippen LogP contribution in [0.3, 0.4) is 0 Å². The molecule has 0 aliphatic carbocycles. The SMILES string of the molecule is COc1ccc2cc(C(O)CCC(=O)O)ccc2c1. The second-order valence-corrected chi connectivity index (χ2v) is 4.42. The molecule has 0 fully saturated rings. The molecule has 0 spiro atoms. The Labute approximate surface area is 111 Å². The molecule has 2 aromatic rings. The zero-order chi connectivity index (χ0) is 13.8. The second-order valence-electron chi connectivity index (χ2n) is 4.42. The molecule has 1 unspecified atom stereocenters. The predicted molar refractivity (Wildman–Crippen MR) is 72.3 cm³/mol. The molecule has 1 atom stereocenters. The van der Waals surface area contributed by atoms with Gasteiger partial charge in [0.15, 0.2) is 0 Å². The second kappa shape index (κ2) is 5.71. The monoisotopic (exact) mass is 260 g/mol. The van der Waals surface area contributed by atoms with Gasteiger partial charge in [-0.05, 0) is 41.0 Å². The van der Waals surface area contributed by atoms with Crippen LogP contribution >= 0.6 is 0 Å². The fourth-order valence-electron chi connectivity index (χ4n) is 2.00. The molecule has 0 aliphatic heterocycles. The van der Waals surface area contributed by atoms with E-state index in [-0.39, 0.29) is 12.8 Å². The fourth-order valence-corrected chi connectivity index (χ4v) is 2.00. The summed E-state index contributed by atoms with van der Waals surface area (Å²) in [5.74, 6) is -0.115. The van der Waals surface area contributed by atoms with Crippen LogP contribution in [-0.4, -0.2) is 23.3 Å². The Kier molecular flexibility index (Phi) is 4.02. The highest BCUT2D eigenvalue weighted by atomic mass is 16.5. The number of ether oxygens (including phenoxy) is 1. The minimum absolute atomic E-state index is 0.0399. The number of hydrogen-bond donors (Lipinski definition) is 2. The van der Waals surface area contributed by atoms with Crippen molar-refractivity contribution in [3.05, 3.63) is 42.0 Å². The van der Waals surface area contributed by atoms with Crippen molar-refractivity contribution in [2.24, 2.45) is 0 Å². The third-order valence-corrected chi connectivity index (χ3v) is 3.09. The Morgan fingerprint density at radius 1 is 1.21 bits per heavy atom. The maximum Gasteiger partial charge on any atom is 0.303 e. The lowest BCUT2D eigenvalue weighted by Crippen LogP contribution is -2.02. The highest BCUT2D eigenvalue weighted by Crippen LogP contribution is 2.26. The highest BCUT2D eigenvalue weighted by Gasteiger charge is 2.10. The summed E-state index contributed by atoms with van der Waals surface area (Å²) in [5.41, 5.74) is 0.735. The van der Waals surface area contributed by atoms with Crippen molar-refractivity contribution >= 4 is 16.7 Å². The van der Waals surface area contributed by atoms with Crippen LogP contribution in [0.4, 0.5) is 0 Å². The molecule has 2 N–H and O–H groups in total. The van der Waals surface area contributed by atoms with E-state index in [1.807, 2.05) is 36.4 Å². The Balaban J connectivity index is 2.23. The Morgan fingerprint density at radius 3 is 2.58 bits per heavy atom. The third-order valence-electron chi connectivity index (χ3n) is 3.09. The summed E-state index contributed by atoms with van der Waals surface area (Å²) in [6, 6.07) is 11.3. The summed E-state index contributed by atoms with van der Waals surface area (Å²) in [4.78, 5) is 10.5. The number of methoxy groups -OCH3 is 1. The quantitative estimate of drug-likeness (QED) is 0.867. The minimum Gasteiger partial charge on any atom is -0.497 e. The largest absolute Gasteiger partial charge is 0.497 e. The van der Waals surface area contributed by atoms with Crippen LogP contribution < -0.4 is 4.74 Å². The van der Waals surface area contributed by atoms with Gasteiger partial charge in [-0.3, -0.25) is 4.79 Å². The predicted octanol–water partition coefficient (Wildman–Crippen LogP) is 2.75. The molecule has 100 valence electrons. The molecule has 0 aliphatic rings. The maximum atomic E-state index is 10.5. The number of carboxylic acids is 1. The van der Waals surface area contributed by atoms with Gasteiger partial charge in [0.2, 0.25) is 0 Å². The number of aliphatic hydroxyl groups is 1. The van der Waals surface area contributed by atoms with Gasteiger partial charge in [0.1, 0.15) is 5.75 Å². The Bertz CT molecular complexity index is 592. The van der Waals surface area contributed by atoms with Gasteiger partial charge in [0, 0.05) is 6.42 Å². The van der Waals surface area contributed by atoms with Crippen molar-refractivity contribution in [1.29, 1.82) is 0 Å². The van der Waals surface area contributed by atoms with Crippen molar-refractivity contribution in [3.63, 3.8) is 0 Å². The van der Waals surface area contributed by atoms with Crippen molar-refractivity contribution in [2.75, 3.05) is 7.11 Å². The summed E-state index contributed by atoms with van der Waals surface area (Å²) in [5, 5.41) is 20.6. The number of carboxylic acid groups (broad SMARTS) is 1. The van der Waals surface area contributed by atoms with Crippen molar-refractivity contribution in [3.8, 4) is 5.75 Å². The smallest absolute Gasteiger partial charge is 0.303 e.